The van der Waals surface area contributed by atoms with Crippen molar-refractivity contribution in [2.24, 2.45) is 0 Å². The van der Waals surface area contributed by atoms with Crippen LogP contribution in [0.5, 0.6) is 5.75 Å². The average Bonchev–Trinajstić information content (AvgIpc) is 2.93. The van der Waals surface area contributed by atoms with Crippen molar-refractivity contribution in [2.75, 3.05) is 0 Å². The summed E-state index contributed by atoms with van der Waals surface area (Å²) in [7, 11) is 0. The van der Waals surface area contributed by atoms with Gasteiger partial charge in [-0.15, -0.1) is 9.78 Å². The molecular formula is C13H7ClN4O4. The van der Waals surface area contributed by atoms with Crippen molar-refractivity contribution in [3.05, 3.63) is 57.6 Å². The highest BCUT2D eigenvalue weighted by Gasteiger charge is 2.21. The van der Waals surface area contributed by atoms with Gasteiger partial charge in [-0.1, -0.05) is 28.9 Å². The largest absolute Gasteiger partial charge is 0.442 e. The number of para-hydroxylation sites is 1. The minimum Gasteiger partial charge on any atom is -0.401 e. The average molecular weight is 319 g/mol. The van der Waals surface area contributed by atoms with E-state index in [-0.39, 0.29) is 10.8 Å². The van der Waals surface area contributed by atoms with Gasteiger partial charge in [0.15, 0.2) is 0 Å². The Bertz CT molecular complexity index is 893. The summed E-state index contributed by atoms with van der Waals surface area (Å²) >= 11 is 5.70. The second-order valence-corrected chi connectivity index (χ2v) is 4.66. The van der Waals surface area contributed by atoms with E-state index >= 15 is 0 Å². The van der Waals surface area contributed by atoms with Crippen LogP contribution in [-0.4, -0.2) is 26.0 Å². The molecule has 0 aliphatic carbocycles. The van der Waals surface area contributed by atoms with E-state index in [0.717, 1.165) is 10.7 Å². The fraction of sp³-hybridized carbons (Fsp3) is 0. The minimum atomic E-state index is -0.904. The smallest absolute Gasteiger partial charge is 0.401 e. The molecule has 0 unspecified atom stereocenters. The summed E-state index contributed by atoms with van der Waals surface area (Å²) in [5.41, 5.74) is 0.527. The van der Waals surface area contributed by atoms with Gasteiger partial charge in [0.05, 0.1) is 4.92 Å². The number of nitrogens with zero attached hydrogens (tertiary/aromatic N) is 4. The molecule has 9 heteroatoms. The van der Waals surface area contributed by atoms with E-state index in [1.807, 2.05) is 0 Å². The highest BCUT2D eigenvalue weighted by molar-refractivity contribution is 6.30. The second kappa shape index (κ2) is 5.41. The molecule has 0 saturated heterocycles. The number of fused-ring (bicyclic) bond motifs is 1. The number of aromatic nitrogens is 3. The molecular weight excluding hydrogens is 312 g/mol. The van der Waals surface area contributed by atoms with Crippen LogP contribution in [-0.2, 0) is 0 Å². The Morgan fingerprint density at radius 1 is 1.27 bits per heavy atom. The molecule has 3 aromatic rings. The van der Waals surface area contributed by atoms with E-state index in [9.17, 15) is 14.9 Å². The topological polar surface area (TPSA) is 100 Å². The number of nitro groups is 1. The van der Waals surface area contributed by atoms with Crippen molar-refractivity contribution in [3.8, 4) is 5.75 Å². The molecule has 0 saturated carbocycles. The third-order valence-electron chi connectivity index (χ3n) is 2.84. The van der Waals surface area contributed by atoms with E-state index in [1.54, 1.807) is 24.3 Å². The van der Waals surface area contributed by atoms with Gasteiger partial charge in [0, 0.05) is 11.1 Å². The number of benzene rings is 2. The summed E-state index contributed by atoms with van der Waals surface area (Å²) < 4.78 is 5.96. The Labute approximate surface area is 128 Å². The predicted molar refractivity (Wildman–Crippen MR) is 77.1 cm³/mol. The maximum atomic E-state index is 12.1. The van der Waals surface area contributed by atoms with Gasteiger partial charge in [0.2, 0.25) is 5.75 Å². The van der Waals surface area contributed by atoms with Gasteiger partial charge >= 0.3 is 11.8 Å². The number of hydrogen-bond donors (Lipinski definition) is 0. The van der Waals surface area contributed by atoms with Crippen LogP contribution < -0.4 is 4.74 Å². The molecule has 110 valence electrons. The number of halogens is 1. The monoisotopic (exact) mass is 318 g/mol. The summed E-state index contributed by atoms with van der Waals surface area (Å²) in [5, 5.41) is 18.6. The quantitative estimate of drug-likeness (QED) is 0.531. The molecule has 1 aromatic heterocycles. The molecule has 0 aliphatic rings. The summed E-state index contributed by atoms with van der Waals surface area (Å²) in [5.74, 6) is -0.223. The maximum Gasteiger partial charge on any atom is 0.442 e. The van der Waals surface area contributed by atoms with E-state index in [0.29, 0.717) is 11.0 Å². The highest BCUT2D eigenvalue weighted by atomic mass is 35.5. The first-order valence-electron chi connectivity index (χ1n) is 6.03. The molecule has 0 N–H and O–H groups in total. The molecule has 22 heavy (non-hydrogen) atoms. The molecule has 0 atom stereocenters. The number of carbonyl (C=O) groups excluding carboxylic acids is 1. The van der Waals surface area contributed by atoms with Gasteiger partial charge in [-0.2, -0.15) is 0 Å². The first kappa shape index (κ1) is 14.0. The maximum absolute atomic E-state index is 12.1. The lowest BCUT2D eigenvalue weighted by Crippen LogP contribution is -2.18. The van der Waals surface area contributed by atoms with Crippen molar-refractivity contribution >= 4 is 34.4 Å². The lowest BCUT2D eigenvalue weighted by atomic mass is 10.3. The molecule has 0 bridgehead atoms. The normalized spacial score (nSPS) is 10.6. The zero-order valence-corrected chi connectivity index (χ0v) is 11.6. The Kier molecular flexibility index (Phi) is 3.43. The number of nitro benzene ring substituents is 1. The molecule has 3 rings (SSSR count). The van der Waals surface area contributed by atoms with E-state index in [4.69, 9.17) is 16.3 Å². The van der Waals surface area contributed by atoms with Gasteiger partial charge in [-0.3, -0.25) is 10.1 Å². The summed E-state index contributed by atoms with van der Waals surface area (Å²) in [4.78, 5) is 22.4. The molecule has 1 heterocycles. The summed E-state index contributed by atoms with van der Waals surface area (Å²) in [6, 6.07) is 10.5. The minimum absolute atomic E-state index is 0.165. The lowest BCUT2D eigenvalue weighted by Gasteiger charge is -2.05. The second-order valence-electron chi connectivity index (χ2n) is 4.23. The first-order chi connectivity index (χ1) is 10.6. The van der Waals surface area contributed by atoms with Crippen molar-refractivity contribution in [1.82, 2.24) is 15.0 Å². The van der Waals surface area contributed by atoms with Gasteiger partial charge in [0.25, 0.3) is 0 Å². The number of hydrogen-bond acceptors (Lipinski definition) is 6. The van der Waals surface area contributed by atoms with Crippen LogP contribution in [0.2, 0.25) is 5.02 Å². The van der Waals surface area contributed by atoms with Crippen LogP contribution >= 0.6 is 11.6 Å². The van der Waals surface area contributed by atoms with Gasteiger partial charge in [-0.05, 0) is 24.3 Å². The van der Waals surface area contributed by atoms with Crippen LogP contribution in [0.25, 0.3) is 11.0 Å². The Morgan fingerprint density at radius 3 is 2.82 bits per heavy atom. The molecule has 0 aliphatic heterocycles. The molecule has 0 radical (unpaired) electrons. The Morgan fingerprint density at radius 2 is 2.05 bits per heavy atom. The molecule has 2 aromatic carbocycles. The highest BCUT2D eigenvalue weighted by Crippen LogP contribution is 2.30. The molecule has 0 amide bonds. The fourth-order valence-corrected chi connectivity index (χ4v) is 2.03. The Balaban J connectivity index is 1.97. The molecule has 0 fully saturated rings. The zero-order valence-electron chi connectivity index (χ0n) is 10.8. The van der Waals surface area contributed by atoms with Gasteiger partial charge < -0.3 is 4.74 Å². The molecule has 8 nitrogen and oxygen atoms in total. The third-order valence-corrected chi connectivity index (χ3v) is 3.07. The summed E-state index contributed by atoms with van der Waals surface area (Å²) in [6.07, 6.45) is -0.904. The summed E-state index contributed by atoms with van der Waals surface area (Å²) in [6.45, 7) is 0. The van der Waals surface area contributed by atoms with E-state index < -0.39 is 16.7 Å². The standard InChI is InChI=1S/C13H7ClN4O4/c14-8-5-6-12(11(7-8)18(20)21)22-13(19)17-10-4-2-1-3-9(10)15-16-17/h1-7H. The van der Waals surface area contributed by atoms with Crippen LogP contribution in [0.1, 0.15) is 0 Å². The van der Waals surface area contributed by atoms with Gasteiger partial charge in [0.1, 0.15) is 11.0 Å². The van der Waals surface area contributed by atoms with Gasteiger partial charge in [-0.25, -0.2) is 4.79 Å². The van der Waals surface area contributed by atoms with Crippen molar-refractivity contribution < 1.29 is 14.5 Å². The Hall–Kier alpha value is -3.00. The first-order valence-corrected chi connectivity index (χ1v) is 6.40. The number of carbonyl (C=O) groups is 1. The van der Waals surface area contributed by atoms with E-state index in [2.05, 4.69) is 10.3 Å². The number of ether oxygens (including phenoxy) is 1. The number of rotatable bonds is 2. The van der Waals surface area contributed by atoms with Crippen molar-refractivity contribution in [1.29, 1.82) is 0 Å². The fourth-order valence-electron chi connectivity index (χ4n) is 1.86. The van der Waals surface area contributed by atoms with Crippen LogP contribution in [0.15, 0.2) is 42.5 Å². The van der Waals surface area contributed by atoms with E-state index in [1.165, 1.54) is 12.1 Å². The van der Waals surface area contributed by atoms with Crippen LogP contribution in [0.4, 0.5) is 10.5 Å². The molecule has 0 spiro atoms. The third kappa shape index (κ3) is 2.47. The van der Waals surface area contributed by atoms with Crippen LogP contribution in [0.3, 0.4) is 0 Å². The zero-order chi connectivity index (χ0) is 15.7. The van der Waals surface area contributed by atoms with Crippen molar-refractivity contribution in [3.63, 3.8) is 0 Å². The lowest BCUT2D eigenvalue weighted by molar-refractivity contribution is -0.385. The SMILES string of the molecule is O=C(Oc1ccc(Cl)cc1[N+](=O)[O-])n1nnc2ccccc21. The van der Waals surface area contributed by atoms with Crippen LogP contribution in [0, 0.1) is 10.1 Å². The van der Waals surface area contributed by atoms with Crippen molar-refractivity contribution in [2.45, 2.75) is 0 Å². The predicted octanol–water partition coefficient (Wildman–Crippen LogP) is 3.04.